The largest absolute Gasteiger partial charge is 0.396 e. The smallest absolute Gasteiger partial charge is 0.0431 e. The summed E-state index contributed by atoms with van der Waals surface area (Å²) < 4.78 is 0. The Bertz CT molecular complexity index is 150. The highest BCUT2D eigenvalue weighted by atomic mass is 16.2. The first-order chi connectivity index (χ1) is 6.64. The van der Waals surface area contributed by atoms with E-state index in [0.29, 0.717) is 12.0 Å². The third-order valence-corrected chi connectivity index (χ3v) is 3.11. The number of aliphatic hydroxyl groups is 1. The van der Waals surface area contributed by atoms with Crippen LogP contribution in [0.1, 0.15) is 46.0 Å². The van der Waals surface area contributed by atoms with Crippen molar-refractivity contribution in [1.29, 1.82) is 0 Å². The topological polar surface area (TPSA) is 23.5 Å². The monoisotopic (exact) mass is 199 g/mol. The maximum absolute atomic E-state index is 8.82. The van der Waals surface area contributed by atoms with Crippen LogP contribution in [-0.2, 0) is 0 Å². The molecule has 1 rings (SSSR count). The van der Waals surface area contributed by atoms with Crippen LogP contribution < -0.4 is 0 Å². The van der Waals surface area contributed by atoms with Gasteiger partial charge in [-0.1, -0.05) is 20.3 Å². The Kier molecular flexibility index (Phi) is 4.90. The summed E-state index contributed by atoms with van der Waals surface area (Å²) >= 11 is 0. The van der Waals surface area contributed by atoms with E-state index in [1.807, 2.05) is 0 Å². The predicted molar refractivity (Wildman–Crippen MR) is 60.4 cm³/mol. The van der Waals surface area contributed by atoms with Gasteiger partial charge in [0, 0.05) is 13.2 Å². The molecular weight excluding hydrogens is 174 g/mol. The molecule has 0 atom stereocenters. The molecule has 0 saturated carbocycles. The molecule has 0 unspecified atom stereocenters. The summed E-state index contributed by atoms with van der Waals surface area (Å²) in [6, 6.07) is 0. The average molecular weight is 199 g/mol. The average Bonchev–Trinajstić information content (AvgIpc) is 2.16. The van der Waals surface area contributed by atoms with Crippen molar-refractivity contribution in [2.75, 3.05) is 26.2 Å². The fraction of sp³-hybridized carbons (Fsp3) is 1.00. The van der Waals surface area contributed by atoms with E-state index in [1.54, 1.807) is 0 Å². The Morgan fingerprint density at radius 1 is 1.14 bits per heavy atom. The van der Waals surface area contributed by atoms with Crippen molar-refractivity contribution in [1.82, 2.24) is 4.90 Å². The van der Waals surface area contributed by atoms with Gasteiger partial charge in [0.25, 0.3) is 0 Å². The molecule has 1 N–H and O–H groups in total. The van der Waals surface area contributed by atoms with E-state index in [1.165, 1.54) is 38.9 Å². The molecule has 1 fully saturated rings. The lowest BCUT2D eigenvalue weighted by Crippen LogP contribution is -2.37. The molecule has 0 aromatic heterocycles. The first-order valence-corrected chi connectivity index (χ1v) is 5.97. The summed E-state index contributed by atoms with van der Waals surface area (Å²) in [5, 5.41) is 8.82. The van der Waals surface area contributed by atoms with Crippen molar-refractivity contribution in [2.45, 2.75) is 46.0 Å². The number of nitrogens with zero attached hydrogens (tertiary/aromatic N) is 1. The van der Waals surface area contributed by atoms with E-state index in [-0.39, 0.29) is 0 Å². The van der Waals surface area contributed by atoms with Gasteiger partial charge in [0.1, 0.15) is 0 Å². The number of aliphatic hydroxyl groups excluding tert-OH is 1. The number of rotatable bonds is 5. The van der Waals surface area contributed by atoms with E-state index < -0.39 is 0 Å². The Labute approximate surface area is 88.3 Å². The zero-order valence-corrected chi connectivity index (χ0v) is 9.76. The normalized spacial score (nSPS) is 19.9. The second kappa shape index (κ2) is 5.72. The lowest BCUT2D eigenvalue weighted by Gasteiger charge is -2.34. The molecule has 0 radical (unpaired) electrons. The van der Waals surface area contributed by atoms with Gasteiger partial charge >= 0.3 is 0 Å². The molecule has 84 valence electrons. The van der Waals surface area contributed by atoms with Crippen LogP contribution in [0.2, 0.25) is 0 Å². The van der Waals surface area contributed by atoms with Crippen LogP contribution in [0.4, 0.5) is 0 Å². The molecular formula is C12H25NO. The van der Waals surface area contributed by atoms with Crippen LogP contribution in [0.5, 0.6) is 0 Å². The second-order valence-electron chi connectivity index (χ2n) is 5.33. The van der Waals surface area contributed by atoms with Gasteiger partial charge in [-0.15, -0.1) is 0 Å². The summed E-state index contributed by atoms with van der Waals surface area (Å²) in [5.41, 5.74) is 0.375. The summed E-state index contributed by atoms with van der Waals surface area (Å²) in [6.07, 6.45) is 6.24. The number of piperidine rings is 1. The van der Waals surface area contributed by atoms with Crippen molar-refractivity contribution in [3.63, 3.8) is 0 Å². The van der Waals surface area contributed by atoms with Gasteiger partial charge in [-0.25, -0.2) is 0 Å². The second-order valence-corrected chi connectivity index (χ2v) is 5.33. The molecule has 0 aromatic rings. The van der Waals surface area contributed by atoms with Crippen LogP contribution >= 0.6 is 0 Å². The Morgan fingerprint density at radius 2 is 1.79 bits per heavy atom. The summed E-state index contributed by atoms with van der Waals surface area (Å²) in [7, 11) is 0. The summed E-state index contributed by atoms with van der Waals surface area (Å²) in [5.74, 6) is 0. The minimum atomic E-state index is 0.337. The number of hydrogen-bond donors (Lipinski definition) is 1. The van der Waals surface area contributed by atoms with Crippen LogP contribution in [0.15, 0.2) is 0 Å². The molecule has 14 heavy (non-hydrogen) atoms. The zero-order chi connectivity index (χ0) is 10.4. The van der Waals surface area contributed by atoms with E-state index in [4.69, 9.17) is 5.11 Å². The lowest BCUT2D eigenvalue weighted by molar-refractivity contribution is 0.137. The van der Waals surface area contributed by atoms with Crippen molar-refractivity contribution in [2.24, 2.45) is 5.41 Å². The fourth-order valence-electron chi connectivity index (χ4n) is 2.36. The molecule has 1 aliphatic heterocycles. The van der Waals surface area contributed by atoms with Crippen molar-refractivity contribution >= 4 is 0 Å². The van der Waals surface area contributed by atoms with Gasteiger partial charge in [-0.3, -0.25) is 0 Å². The van der Waals surface area contributed by atoms with Gasteiger partial charge < -0.3 is 10.0 Å². The maximum atomic E-state index is 8.82. The third kappa shape index (κ3) is 4.43. The van der Waals surface area contributed by atoms with Gasteiger partial charge in [0.15, 0.2) is 0 Å². The number of likely N-dealkylation sites (tertiary alicyclic amines) is 1. The molecule has 1 heterocycles. The predicted octanol–water partition coefficient (Wildman–Crippen LogP) is 2.27. The standard InChI is InChI=1S/C12H25NO/c1-12(2,7-6-10-14)11-13-8-4-3-5-9-13/h14H,3-11H2,1-2H3. The third-order valence-electron chi connectivity index (χ3n) is 3.11. The van der Waals surface area contributed by atoms with Crippen molar-refractivity contribution < 1.29 is 5.11 Å². The Morgan fingerprint density at radius 3 is 2.36 bits per heavy atom. The highest BCUT2D eigenvalue weighted by Gasteiger charge is 2.22. The van der Waals surface area contributed by atoms with Crippen LogP contribution in [0.3, 0.4) is 0 Å². The van der Waals surface area contributed by atoms with Gasteiger partial charge in [0.05, 0.1) is 0 Å². The van der Waals surface area contributed by atoms with Gasteiger partial charge in [-0.2, -0.15) is 0 Å². The zero-order valence-electron chi connectivity index (χ0n) is 9.76. The molecule has 2 heteroatoms. The van der Waals surface area contributed by atoms with Crippen LogP contribution in [0.25, 0.3) is 0 Å². The highest BCUT2D eigenvalue weighted by Crippen LogP contribution is 2.25. The van der Waals surface area contributed by atoms with Crippen LogP contribution in [0, 0.1) is 5.41 Å². The summed E-state index contributed by atoms with van der Waals surface area (Å²) in [4.78, 5) is 2.58. The molecule has 1 aliphatic rings. The minimum Gasteiger partial charge on any atom is -0.396 e. The molecule has 2 nitrogen and oxygen atoms in total. The van der Waals surface area contributed by atoms with Crippen molar-refractivity contribution in [3.05, 3.63) is 0 Å². The molecule has 0 spiro atoms. The lowest BCUT2D eigenvalue weighted by atomic mass is 9.87. The fourth-order valence-corrected chi connectivity index (χ4v) is 2.36. The van der Waals surface area contributed by atoms with Gasteiger partial charge in [0.2, 0.25) is 0 Å². The SMILES string of the molecule is CC(C)(CCCO)CN1CCCCC1. The Balaban J connectivity index is 2.25. The van der Waals surface area contributed by atoms with Crippen LogP contribution in [-0.4, -0.2) is 36.2 Å². The Hall–Kier alpha value is -0.0800. The first-order valence-electron chi connectivity index (χ1n) is 5.97. The van der Waals surface area contributed by atoms with E-state index in [2.05, 4.69) is 18.7 Å². The first kappa shape index (κ1) is 12.0. The van der Waals surface area contributed by atoms with E-state index in [9.17, 15) is 0 Å². The maximum Gasteiger partial charge on any atom is 0.0431 e. The molecule has 1 saturated heterocycles. The quantitative estimate of drug-likeness (QED) is 0.734. The molecule has 0 aliphatic carbocycles. The summed E-state index contributed by atoms with van der Waals surface area (Å²) in [6.45, 7) is 8.73. The van der Waals surface area contributed by atoms with E-state index in [0.717, 1.165) is 12.8 Å². The number of hydrogen-bond acceptors (Lipinski definition) is 2. The van der Waals surface area contributed by atoms with E-state index >= 15 is 0 Å². The molecule has 0 bridgehead atoms. The highest BCUT2D eigenvalue weighted by molar-refractivity contribution is 4.75. The van der Waals surface area contributed by atoms with Gasteiger partial charge in [-0.05, 0) is 44.2 Å². The minimum absolute atomic E-state index is 0.337. The van der Waals surface area contributed by atoms with Crippen molar-refractivity contribution in [3.8, 4) is 0 Å². The molecule has 0 amide bonds. The molecule has 0 aromatic carbocycles.